The first kappa shape index (κ1) is 20.4. The number of hydrogen-bond donors (Lipinski definition) is 1. The molecule has 3 rings (SSSR count). The molecule has 2 aromatic carbocycles. The van der Waals surface area contributed by atoms with Crippen LogP contribution in [0.5, 0.6) is 0 Å². The van der Waals surface area contributed by atoms with Crippen LogP contribution < -0.4 is 5.32 Å². The quantitative estimate of drug-likeness (QED) is 0.580. The van der Waals surface area contributed by atoms with Crippen molar-refractivity contribution in [1.82, 2.24) is 20.1 Å². The van der Waals surface area contributed by atoms with Gasteiger partial charge in [-0.25, -0.2) is 0 Å². The molecular formula is C21H23ClN4OS. The molecule has 0 saturated heterocycles. The zero-order valence-corrected chi connectivity index (χ0v) is 17.9. The molecule has 7 heteroatoms. The van der Waals surface area contributed by atoms with Crippen molar-refractivity contribution in [3.63, 3.8) is 0 Å². The second kappa shape index (κ2) is 8.80. The molecule has 0 aliphatic rings. The summed E-state index contributed by atoms with van der Waals surface area (Å²) in [6, 6.07) is 15.7. The smallest absolute Gasteiger partial charge is 0.233 e. The van der Waals surface area contributed by atoms with E-state index in [2.05, 4.69) is 41.5 Å². The molecule has 0 aliphatic heterocycles. The predicted molar refractivity (Wildman–Crippen MR) is 115 cm³/mol. The van der Waals surface area contributed by atoms with Gasteiger partial charge in [0.1, 0.15) is 0 Å². The Morgan fingerprint density at radius 1 is 1.07 bits per heavy atom. The van der Waals surface area contributed by atoms with E-state index in [4.69, 9.17) is 11.6 Å². The zero-order chi connectivity index (χ0) is 20.3. The Morgan fingerprint density at radius 3 is 2.39 bits per heavy atom. The highest BCUT2D eigenvalue weighted by Gasteiger charge is 2.23. The third-order valence-electron chi connectivity index (χ3n) is 4.43. The van der Waals surface area contributed by atoms with E-state index in [0.717, 1.165) is 17.1 Å². The fourth-order valence-corrected chi connectivity index (χ4v) is 3.99. The monoisotopic (exact) mass is 414 g/mol. The number of halogens is 1. The molecule has 0 spiro atoms. The Kier molecular flexibility index (Phi) is 6.42. The number of amides is 1. The maximum absolute atomic E-state index is 12.0. The standard InChI is InChI=1S/C21H23ClN4OS/c1-13(2)17-7-5-6-8-18(17)26-19(15-9-11-16(22)12-10-15)24-25-21(26)28-14(3)20(27)23-4/h5-14H,1-4H3,(H,23,27). The van der Waals surface area contributed by atoms with Crippen LogP contribution in [0, 0.1) is 0 Å². The summed E-state index contributed by atoms with van der Waals surface area (Å²) in [4.78, 5) is 12.0. The third-order valence-corrected chi connectivity index (χ3v) is 5.73. The second-order valence-electron chi connectivity index (χ2n) is 6.74. The maximum Gasteiger partial charge on any atom is 0.233 e. The fourth-order valence-electron chi connectivity index (χ4n) is 2.94. The van der Waals surface area contributed by atoms with Crippen LogP contribution in [0.1, 0.15) is 32.3 Å². The molecule has 146 valence electrons. The molecule has 1 amide bonds. The first-order valence-electron chi connectivity index (χ1n) is 9.11. The lowest BCUT2D eigenvalue weighted by Crippen LogP contribution is -2.27. The largest absolute Gasteiger partial charge is 0.358 e. The van der Waals surface area contributed by atoms with Crippen molar-refractivity contribution in [2.45, 2.75) is 37.1 Å². The molecular weight excluding hydrogens is 392 g/mol. The minimum absolute atomic E-state index is 0.0512. The van der Waals surface area contributed by atoms with Crippen molar-refractivity contribution in [3.05, 3.63) is 59.1 Å². The first-order valence-corrected chi connectivity index (χ1v) is 10.4. The van der Waals surface area contributed by atoms with E-state index < -0.39 is 0 Å². The Balaban J connectivity index is 2.17. The first-order chi connectivity index (χ1) is 13.4. The number of nitrogens with one attached hydrogen (secondary N) is 1. The topological polar surface area (TPSA) is 59.8 Å². The molecule has 0 bridgehead atoms. The van der Waals surface area contributed by atoms with E-state index in [1.165, 1.54) is 17.3 Å². The number of carbonyl (C=O) groups excluding carboxylic acids is 1. The molecule has 1 aromatic heterocycles. The van der Waals surface area contributed by atoms with Crippen LogP contribution in [-0.2, 0) is 4.79 Å². The van der Waals surface area contributed by atoms with Crippen molar-refractivity contribution >= 4 is 29.3 Å². The Labute approximate surface area is 174 Å². The van der Waals surface area contributed by atoms with Gasteiger partial charge in [-0.1, -0.05) is 55.4 Å². The van der Waals surface area contributed by atoms with Crippen LogP contribution in [0.2, 0.25) is 5.02 Å². The summed E-state index contributed by atoms with van der Waals surface area (Å²) in [5.74, 6) is 0.993. The fraction of sp³-hybridized carbons (Fsp3) is 0.286. The third kappa shape index (κ3) is 4.23. The number of aromatic nitrogens is 3. The van der Waals surface area contributed by atoms with Gasteiger partial charge in [-0.3, -0.25) is 9.36 Å². The molecule has 5 nitrogen and oxygen atoms in total. The summed E-state index contributed by atoms with van der Waals surface area (Å²) in [6.07, 6.45) is 0. The van der Waals surface area contributed by atoms with Gasteiger partial charge in [0.25, 0.3) is 0 Å². The summed E-state index contributed by atoms with van der Waals surface area (Å²) in [5, 5.41) is 12.6. The number of carbonyl (C=O) groups is 1. The minimum Gasteiger partial charge on any atom is -0.358 e. The highest BCUT2D eigenvalue weighted by Crippen LogP contribution is 2.33. The summed E-state index contributed by atoms with van der Waals surface area (Å²) in [5.41, 5.74) is 3.11. The molecule has 0 aliphatic carbocycles. The van der Waals surface area contributed by atoms with E-state index in [1.807, 2.05) is 47.9 Å². The van der Waals surface area contributed by atoms with Crippen LogP contribution in [-0.4, -0.2) is 33.0 Å². The zero-order valence-electron chi connectivity index (χ0n) is 16.3. The van der Waals surface area contributed by atoms with Gasteiger partial charge in [-0.15, -0.1) is 10.2 Å². The SMILES string of the molecule is CNC(=O)C(C)Sc1nnc(-c2ccc(Cl)cc2)n1-c1ccccc1C(C)C. The van der Waals surface area contributed by atoms with Gasteiger partial charge in [-0.2, -0.15) is 0 Å². The van der Waals surface area contributed by atoms with Crippen LogP contribution in [0.25, 0.3) is 17.1 Å². The van der Waals surface area contributed by atoms with Crippen molar-refractivity contribution in [2.24, 2.45) is 0 Å². The van der Waals surface area contributed by atoms with E-state index in [0.29, 0.717) is 16.1 Å². The second-order valence-corrected chi connectivity index (χ2v) is 8.48. The summed E-state index contributed by atoms with van der Waals surface area (Å²) < 4.78 is 2.03. The molecule has 1 atom stereocenters. The van der Waals surface area contributed by atoms with Gasteiger partial charge in [0.15, 0.2) is 11.0 Å². The van der Waals surface area contributed by atoms with Gasteiger partial charge < -0.3 is 5.32 Å². The molecule has 1 unspecified atom stereocenters. The average molecular weight is 415 g/mol. The van der Waals surface area contributed by atoms with Crippen LogP contribution >= 0.6 is 23.4 Å². The number of benzene rings is 2. The normalized spacial score (nSPS) is 12.2. The van der Waals surface area contributed by atoms with Crippen molar-refractivity contribution in [2.75, 3.05) is 7.05 Å². The molecule has 1 N–H and O–H groups in total. The Hall–Kier alpha value is -2.31. The van der Waals surface area contributed by atoms with E-state index >= 15 is 0 Å². The lowest BCUT2D eigenvalue weighted by molar-refractivity contribution is -0.119. The number of thioether (sulfide) groups is 1. The number of para-hydroxylation sites is 1. The van der Waals surface area contributed by atoms with Crippen molar-refractivity contribution in [1.29, 1.82) is 0 Å². The number of hydrogen-bond acceptors (Lipinski definition) is 4. The van der Waals surface area contributed by atoms with E-state index in [9.17, 15) is 4.79 Å². The Bertz CT molecular complexity index is 969. The Morgan fingerprint density at radius 2 is 1.75 bits per heavy atom. The maximum atomic E-state index is 12.0. The van der Waals surface area contributed by atoms with Crippen LogP contribution in [0.4, 0.5) is 0 Å². The number of nitrogens with zero attached hydrogens (tertiary/aromatic N) is 3. The van der Waals surface area contributed by atoms with E-state index in [1.54, 1.807) is 7.05 Å². The van der Waals surface area contributed by atoms with Gasteiger partial charge >= 0.3 is 0 Å². The lowest BCUT2D eigenvalue weighted by atomic mass is 10.0. The van der Waals surface area contributed by atoms with Crippen molar-refractivity contribution in [3.8, 4) is 17.1 Å². The van der Waals surface area contributed by atoms with Gasteiger partial charge in [0.2, 0.25) is 5.91 Å². The molecule has 0 saturated carbocycles. The van der Waals surface area contributed by atoms with Gasteiger partial charge in [0, 0.05) is 17.6 Å². The van der Waals surface area contributed by atoms with Gasteiger partial charge in [0.05, 0.1) is 10.9 Å². The predicted octanol–water partition coefficient (Wildman–Crippen LogP) is 4.94. The van der Waals surface area contributed by atoms with Crippen molar-refractivity contribution < 1.29 is 4.79 Å². The van der Waals surface area contributed by atoms with E-state index in [-0.39, 0.29) is 11.2 Å². The van der Waals surface area contributed by atoms with Crippen LogP contribution in [0.15, 0.2) is 53.7 Å². The molecule has 3 aromatic rings. The summed E-state index contributed by atoms with van der Waals surface area (Å²) >= 11 is 7.44. The minimum atomic E-state index is -0.294. The highest BCUT2D eigenvalue weighted by molar-refractivity contribution is 8.00. The molecule has 0 radical (unpaired) electrons. The molecule has 1 heterocycles. The molecule has 28 heavy (non-hydrogen) atoms. The highest BCUT2D eigenvalue weighted by atomic mass is 35.5. The molecule has 0 fully saturated rings. The average Bonchev–Trinajstić information content (AvgIpc) is 3.11. The van der Waals surface area contributed by atoms with Crippen LogP contribution in [0.3, 0.4) is 0 Å². The summed E-state index contributed by atoms with van der Waals surface area (Å²) in [7, 11) is 1.64. The summed E-state index contributed by atoms with van der Waals surface area (Å²) in [6.45, 7) is 6.18. The van der Waals surface area contributed by atoms with Gasteiger partial charge in [-0.05, 0) is 48.7 Å². The number of rotatable bonds is 6. The lowest BCUT2D eigenvalue weighted by Gasteiger charge is -2.18.